The average molecular weight is 453 g/mol. The summed E-state index contributed by atoms with van der Waals surface area (Å²) in [6, 6.07) is 9.86. The van der Waals surface area contributed by atoms with E-state index in [4.69, 9.17) is 20.3 Å². The predicted molar refractivity (Wildman–Crippen MR) is 104 cm³/mol. The molecule has 0 radical (unpaired) electrons. The molecule has 2 aromatic carbocycles. The lowest BCUT2D eigenvalue weighted by atomic mass is 9.94. The van der Waals surface area contributed by atoms with Gasteiger partial charge >= 0.3 is 19.7 Å². The van der Waals surface area contributed by atoms with Gasteiger partial charge in [0.25, 0.3) is 0 Å². The highest BCUT2D eigenvalue weighted by Gasteiger charge is 2.52. The molecular weight excluding hydrogens is 429 g/mol. The van der Waals surface area contributed by atoms with E-state index in [1.807, 2.05) is 6.07 Å². The topological polar surface area (TPSA) is 102 Å². The van der Waals surface area contributed by atoms with Crippen molar-refractivity contribution in [2.24, 2.45) is 5.73 Å². The summed E-state index contributed by atoms with van der Waals surface area (Å²) in [5.74, 6) is -8.43. The van der Waals surface area contributed by atoms with Crippen molar-refractivity contribution in [1.29, 1.82) is 0 Å². The number of halogens is 4. The zero-order valence-electron chi connectivity index (χ0n) is 16.4. The van der Waals surface area contributed by atoms with Crippen molar-refractivity contribution in [1.82, 2.24) is 0 Å². The van der Waals surface area contributed by atoms with E-state index in [1.165, 1.54) is 12.1 Å². The van der Waals surface area contributed by atoms with E-state index in [9.17, 15) is 22.1 Å². The molecule has 0 aromatic heterocycles. The third-order valence-electron chi connectivity index (χ3n) is 4.49. The van der Waals surface area contributed by atoms with Crippen molar-refractivity contribution in [3.05, 3.63) is 42.0 Å². The second kappa shape index (κ2) is 8.80. The van der Waals surface area contributed by atoms with Crippen molar-refractivity contribution in [3.8, 4) is 5.75 Å². The number of benzene rings is 2. The Morgan fingerprint density at radius 1 is 1.00 bits per heavy atom. The third-order valence-corrected chi connectivity index (χ3v) is 4.95. The molecule has 11 heteroatoms. The number of nitrogens with two attached hydrogens (primary N) is 1. The molecule has 6 nitrogen and oxygen atoms in total. The fraction of sp³-hybridized carbons (Fsp3) is 0.474. The largest absolute Gasteiger partial charge is 0.487 e. The highest BCUT2D eigenvalue weighted by molar-refractivity contribution is 7.46. The Balaban J connectivity index is 2.02. The van der Waals surface area contributed by atoms with Crippen LogP contribution in [0.15, 0.2) is 36.4 Å². The predicted octanol–water partition coefficient (Wildman–Crippen LogP) is 4.27. The molecule has 2 rings (SSSR count). The molecule has 2 aromatic rings. The number of phosphoric ester groups is 1. The number of rotatable bonds is 10. The number of aryl methyl sites for hydroxylation is 1. The first kappa shape index (κ1) is 24.6. The number of ether oxygens (including phenoxy) is 1. The molecule has 1 atom stereocenters. The smallest absolute Gasteiger partial charge is 0.469 e. The molecule has 0 fully saturated rings. The highest BCUT2D eigenvalue weighted by Crippen LogP contribution is 2.37. The van der Waals surface area contributed by atoms with Crippen molar-refractivity contribution in [2.45, 2.75) is 44.1 Å². The fourth-order valence-corrected chi connectivity index (χ4v) is 3.02. The van der Waals surface area contributed by atoms with Gasteiger partial charge in [-0.1, -0.05) is 24.3 Å². The average Bonchev–Trinajstić information content (AvgIpc) is 2.62. The minimum Gasteiger partial charge on any atom is -0.487 e. The molecule has 30 heavy (non-hydrogen) atoms. The molecular formula is C19H24F4NO5P. The molecule has 0 saturated heterocycles. The molecule has 0 saturated carbocycles. The Bertz CT molecular complexity index is 927. The minimum atomic E-state index is -4.60. The van der Waals surface area contributed by atoms with Crippen LogP contribution in [0, 0.1) is 0 Å². The van der Waals surface area contributed by atoms with Crippen molar-refractivity contribution in [2.75, 3.05) is 13.2 Å². The Morgan fingerprint density at radius 3 is 2.20 bits per heavy atom. The van der Waals surface area contributed by atoms with Crippen LogP contribution in [0.3, 0.4) is 0 Å². The molecule has 0 spiro atoms. The van der Waals surface area contributed by atoms with Crippen LogP contribution in [0.2, 0.25) is 0 Å². The SMILES string of the molecule is CC(F)(F)C(F)(F)COc1ccc2cc(CC[C@@](C)(N)COP(=O)(O)O)ccc2c1. The Kier molecular flexibility index (Phi) is 7.21. The number of fused-ring (bicyclic) bond motifs is 1. The van der Waals surface area contributed by atoms with E-state index in [0.29, 0.717) is 18.2 Å². The normalized spacial score (nSPS) is 15.2. The van der Waals surface area contributed by atoms with E-state index < -0.39 is 31.8 Å². The first-order valence-corrected chi connectivity index (χ1v) is 10.5. The summed E-state index contributed by atoms with van der Waals surface area (Å²) in [6.45, 7) is 0.00471. The maximum absolute atomic E-state index is 13.3. The van der Waals surface area contributed by atoms with Crippen molar-refractivity contribution in [3.63, 3.8) is 0 Å². The Hall–Kier alpha value is -1.71. The summed E-state index contributed by atoms with van der Waals surface area (Å²) in [7, 11) is -4.60. The summed E-state index contributed by atoms with van der Waals surface area (Å²) in [5.41, 5.74) is 5.94. The summed E-state index contributed by atoms with van der Waals surface area (Å²) in [5, 5.41) is 1.45. The first-order valence-electron chi connectivity index (χ1n) is 8.98. The van der Waals surface area contributed by atoms with E-state index in [2.05, 4.69) is 4.52 Å². The number of hydrogen-bond donors (Lipinski definition) is 3. The van der Waals surface area contributed by atoms with Crippen LogP contribution in [0.25, 0.3) is 10.8 Å². The molecule has 0 bridgehead atoms. The highest BCUT2D eigenvalue weighted by atomic mass is 31.2. The molecule has 4 N–H and O–H groups in total. The van der Waals surface area contributed by atoms with Crippen LogP contribution in [-0.4, -0.2) is 40.4 Å². The van der Waals surface area contributed by atoms with Crippen LogP contribution in [0.4, 0.5) is 17.6 Å². The van der Waals surface area contributed by atoms with Gasteiger partial charge in [0.1, 0.15) is 5.75 Å². The van der Waals surface area contributed by atoms with Crippen LogP contribution in [-0.2, 0) is 15.5 Å². The molecule has 0 aliphatic rings. The monoisotopic (exact) mass is 453 g/mol. The quantitative estimate of drug-likeness (QED) is 0.367. The zero-order chi connectivity index (χ0) is 22.8. The third kappa shape index (κ3) is 7.21. The van der Waals surface area contributed by atoms with Gasteiger partial charge in [0, 0.05) is 12.5 Å². The van der Waals surface area contributed by atoms with Gasteiger partial charge in [-0.15, -0.1) is 0 Å². The lowest BCUT2D eigenvalue weighted by Gasteiger charge is -2.24. The van der Waals surface area contributed by atoms with Crippen LogP contribution >= 0.6 is 7.82 Å². The molecule has 0 heterocycles. The summed E-state index contributed by atoms with van der Waals surface area (Å²) in [4.78, 5) is 17.5. The molecule has 0 unspecified atom stereocenters. The molecule has 0 aliphatic carbocycles. The van der Waals surface area contributed by atoms with Crippen LogP contribution in [0.5, 0.6) is 5.75 Å². The maximum Gasteiger partial charge on any atom is 0.469 e. The number of phosphoric acid groups is 1. The standard InChI is InChI=1S/C19H24F4NO5P/c1-17(24,11-29-30(25,26)27)8-7-13-3-4-15-10-16(6-5-14(15)9-13)28-12-19(22,23)18(2,20)21/h3-6,9-10H,7-8,11-12,24H2,1-2H3,(H2,25,26,27)/t17-/m1/s1. The lowest BCUT2D eigenvalue weighted by molar-refractivity contribution is -0.211. The van der Waals surface area contributed by atoms with Gasteiger partial charge in [-0.05, 0) is 48.2 Å². The maximum atomic E-state index is 13.3. The van der Waals surface area contributed by atoms with E-state index in [-0.39, 0.29) is 19.3 Å². The second-order valence-corrected chi connectivity index (χ2v) is 8.88. The Morgan fingerprint density at radius 2 is 1.60 bits per heavy atom. The lowest BCUT2D eigenvalue weighted by Crippen LogP contribution is -2.42. The van der Waals surface area contributed by atoms with Crippen molar-refractivity contribution < 1.29 is 41.2 Å². The Labute approximate surface area is 171 Å². The summed E-state index contributed by atoms with van der Waals surface area (Å²) in [6.07, 6.45) is 0.892. The second-order valence-electron chi connectivity index (χ2n) is 7.64. The van der Waals surface area contributed by atoms with Crippen molar-refractivity contribution >= 4 is 18.6 Å². The molecule has 168 valence electrons. The van der Waals surface area contributed by atoms with Gasteiger partial charge in [0.2, 0.25) is 0 Å². The number of hydrogen-bond acceptors (Lipinski definition) is 4. The fourth-order valence-electron chi connectivity index (χ4n) is 2.55. The van der Waals surface area contributed by atoms with Gasteiger partial charge in [-0.25, -0.2) is 13.3 Å². The van der Waals surface area contributed by atoms with E-state index in [1.54, 1.807) is 25.1 Å². The van der Waals surface area contributed by atoms with Gasteiger partial charge in [0.15, 0.2) is 6.61 Å². The van der Waals surface area contributed by atoms with E-state index >= 15 is 0 Å². The van der Waals surface area contributed by atoms with Gasteiger partial charge in [-0.3, -0.25) is 4.52 Å². The van der Waals surface area contributed by atoms with Gasteiger partial charge in [0.05, 0.1) is 6.61 Å². The van der Waals surface area contributed by atoms with Crippen LogP contribution in [0.1, 0.15) is 25.8 Å². The minimum absolute atomic E-state index is 0.0447. The van der Waals surface area contributed by atoms with Gasteiger partial charge in [-0.2, -0.15) is 8.78 Å². The molecule has 0 amide bonds. The first-order chi connectivity index (χ1) is 13.6. The van der Waals surface area contributed by atoms with Gasteiger partial charge < -0.3 is 20.3 Å². The number of alkyl halides is 4. The van der Waals surface area contributed by atoms with Crippen LogP contribution < -0.4 is 10.5 Å². The summed E-state index contributed by atoms with van der Waals surface area (Å²) >= 11 is 0. The summed E-state index contributed by atoms with van der Waals surface area (Å²) < 4.78 is 72.6. The zero-order valence-corrected chi connectivity index (χ0v) is 17.3. The molecule has 0 aliphatic heterocycles. The van der Waals surface area contributed by atoms with E-state index in [0.717, 1.165) is 10.9 Å².